The van der Waals surface area contributed by atoms with Gasteiger partial charge in [0, 0.05) is 38.4 Å². The number of benzene rings is 1. The SMILES string of the molecule is Cc1ccc(/C=N/NC(=O)Cn2nc(N3CCN(c4ccccn4)CC3)ccc2=O)cc1. The first kappa shape index (κ1) is 21.2. The van der Waals surface area contributed by atoms with Gasteiger partial charge in [0.15, 0.2) is 0 Å². The molecule has 164 valence electrons. The third-order valence-corrected chi connectivity index (χ3v) is 5.20. The maximum Gasteiger partial charge on any atom is 0.267 e. The second-order valence-electron chi connectivity index (χ2n) is 7.55. The number of nitrogens with zero attached hydrogens (tertiary/aromatic N) is 6. The molecule has 0 radical (unpaired) electrons. The molecule has 3 heterocycles. The lowest BCUT2D eigenvalue weighted by Gasteiger charge is -2.36. The highest BCUT2D eigenvalue weighted by Gasteiger charge is 2.19. The van der Waals surface area contributed by atoms with Crippen molar-refractivity contribution in [3.05, 3.63) is 82.3 Å². The molecule has 0 aliphatic carbocycles. The smallest absolute Gasteiger partial charge is 0.267 e. The average molecular weight is 432 g/mol. The highest BCUT2D eigenvalue weighted by molar-refractivity contribution is 5.82. The molecule has 1 aliphatic rings. The number of amides is 1. The number of hydrogen-bond acceptors (Lipinski definition) is 7. The number of hydrogen-bond donors (Lipinski definition) is 1. The summed E-state index contributed by atoms with van der Waals surface area (Å²) in [7, 11) is 0. The lowest BCUT2D eigenvalue weighted by molar-refractivity contribution is -0.121. The van der Waals surface area contributed by atoms with E-state index in [1.165, 1.54) is 6.07 Å². The highest BCUT2D eigenvalue weighted by atomic mass is 16.2. The van der Waals surface area contributed by atoms with Gasteiger partial charge in [0.1, 0.15) is 18.2 Å². The summed E-state index contributed by atoms with van der Waals surface area (Å²) in [5.74, 6) is 1.20. The molecule has 1 amide bonds. The van der Waals surface area contributed by atoms with Gasteiger partial charge in [-0.2, -0.15) is 10.2 Å². The molecule has 1 N–H and O–H groups in total. The number of anilines is 2. The van der Waals surface area contributed by atoms with Gasteiger partial charge in [-0.25, -0.2) is 15.1 Å². The van der Waals surface area contributed by atoms with Crippen LogP contribution in [0, 0.1) is 6.92 Å². The minimum Gasteiger partial charge on any atom is -0.353 e. The molecule has 1 aromatic carbocycles. The van der Waals surface area contributed by atoms with Crippen LogP contribution in [0.4, 0.5) is 11.6 Å². The molecule has 4 rings (SSSR count). The van der Waals surface area contributed by atoms with Gasteiger partial charge in [0.05, 0.1) is 6.21 Å². The van der Waals surface area contributed by atoms with E-state index in [9.17, 15) is 9.59 Å². The van der Waals surface area contributed by atoms with E-state index in [4.69, 9.17) is 0 Å². The van der Waals surface area contributed by atoms with E-state index in [1.807, 2.05) is 49.4 Å². The molecule has 0 unspecified atom stereocenters. The molecule has 0 bridgehead atoms. The summed E-state index contributed by atoms with van der Waals surface area (Å²) in [6.07, 6.45) is 3.35. The number of carbonyl (C=O) groups excluding carboxylic acids is 1. The number of aryl methyl sites for hydroxylation is 1. The fraction of sp³-hybridized carbons (Fsp3) is 0.261. The van der Waals surface area contributed by atoms with Crippen LogP contribution in [0.5, 0.6) is 0 Å². The van der Waals surface area contributed by atoms with Gasteiger partial charge in [-0.1, -0.05) is 35.9 Å². The minimum atomic E-state index is -0.417. The molecule has 1 fully saturated rings. The lowest BCUT2D eigenvalue weighted by Crippen LogP contribution is -2.47. The molecule has 1 saturated heterocycles. The van der Waals surface area contributed by atoms with Gasteiger partial charge in [-0.05, 0) is 30.7 Å². The van der Waals surface area contributed by atoms with Crippen LogP contribution in [-0.2, 0) is 11.3 Å². The van der Waals surface area contributed by atoms with Crippen molar-refractivity contribution in [3.63, 3.8) is 0 Å². The second-order valence-corrected chi connectivity index (χ2v) is 7.55. The van der Waals surface area contributed by atoms with Crippen molar-refractivity contribution in [1.29, 1.82) is 0 Å². The van der Waals surface area contributed by atoms with Crippen LogP contribution < -0.4 is 20.8 Å². The number of aromatic nitrogens is 3. The Labute approximate surface area is 186 Å². The molecule has 0 saturated carbocycles. The van der Waals surface area contributed by atoms with Crippen LogP contribution in [0.1, 0.15) is 11.1 Å². The Hall–Kier alpha value is -4.01. The molecule has 9 heteroatoms. The van der Waals surface area contributed by atoms with Gasteiger partial charge in [0.2, 0.25) is 0 Å². The standard InChI is InChI=1S/C23H25N7O2/c1-18-5-7-19(8-6-18)16-25-26-22(31)17-30-23(32)10-9-21(27-30)29-14-12-28(13-15-29)20-4-2-3-11-24-20/h2-11,16H,12-15,17H2,1H3,(H,26,31)/b25-16+. The van der Waals surface area contributed by atoms with Crippen molar-refractivity contribution < 1.29 is 4.79 Å². The number of pyridine rings is 1. The van der Waals surface area contributed by atoms with Gasteiger partial charge < -0.3 is 9.80 Å². The van der Waals surface area contributed by atoms with Crippen LogP contribution in [0.25, 0.3) is 0 Å². The Kier molecular flexibility index (Phi) is 6.54. The predicted molar refractivity (Wildman–Crippen MR) is 124 cm³/mol. The van der Waals surface area contributed by atoms with Crippen molar-refractivity contribution in [1.82, 2.24) is 20.2 Å². The van der Waals surface area contributed by atoms with E-state index in [2.05, 4.69) is 30.4 Å². The van der Waals surface area contributed by atoms with Crippen LogP contribution >= 0.6 is 0 Å². The Morgan fingerprint density at radius 1 is 1.00 bits per heavy atom. The first-order chi connectivity index (χ1) is 15.6. The zero-order valence-corrected chi connectivity index (χ0v) is 17.9. The topological polar surface area (TPSA) is 95.7 Å². The first-order valence-electron chi connectivity index (χ1n) is 10.5. The zero-order valence-electron chi connectivity index (χ0n) is 17.9. The molecular weight excluding hydrogens is 406 g/mol. The Balaban J connectivity index is 1.35. The average Bonchev–Trinajstić information content (AvgIpc) is 2.82. The van der Waals surface area contributed by atoms with Crippen molar-refractivity contribution >= 4 is 23.8 Å². The Morgan fingerprint density at radius 3 is 2.41 bits per heavy atom. The molecule has 0 spiro atoms. The fourth-order valence-electron chi connectivity index (χ4n) is 3.43. The molecule has 0 atom stereocenters. The summed E-state index contributed by atoms with van der Waals surface area (Å²) < 4.78 is 1.16. The van der Waals surface area contributed by atoms with Gasteiger partial charge in [-0.15, -0.1) is 0 Å². The van der Waals surface area contributed by atoms with Crippen molar-refractivity contribution in [3.8, 4) is 0 Å². The van der Waals surface area contributed by atoms with Crippen LogP contribution in [0.2, 0.25) is 0 Å². The third kappa shape index (κ3) is 5.37. The number of hydrazone groups is 1. The zero-order chi connectivity index (χ0) is 22.3. The summed E-state index contributed by atoms with van der Waals surface area (Å²) in [6, 6.07) is 16.8. The van der Waals surface area contributed by atoms with Crippen LogP contribution in [0.15, 0.2) is 70.7 Å². The lowest BCUT2D eigenvalue weighted by atomic mass is 10.2. The van der Waals surface area contributed by atoms with Gasteiger partial charge in [0.25, 0.3) is 11.5 Å². The normalized spacial score (nSPS) is 14.0. The van der Waals surface area contributed by atoms with Crippen molar-refractivity contribution in [2.45, 2.75) is 13.5 Å². The van der Waals surface area contributed by atoms with E-state index in [0.717, 1.165) is 47.8 Å². The number of piperazine rings is 1. The number of rotatable bonds is 6. The third-order valence-electron chi connectivity index (χ3n) is 5.20. The van der Waals surface area contributed by atoms with Crippen molar-refractivity contribution in [2.75, 3.05) is 36.0 Å². The molecule has 2 aromatic heterocycles. The summed E-state index contributed by atoms with van der Waals surface area (Å²) in [5, 5.41) is 8.35. The monoisotopic (exact) mass is 431 g/mol. The van der Waals surface area contributed by atoms with E-state index in [0.29, 0.717) is 5.82 Å². The molecule has 1 aliphatic heterocycles. The largest absolute Gasteiger partial charge is 0.353 e. The fourth-order valence-corrected chi connectivity index (χ4v) is 3.43. The maximum atomic E-state index is 12.2. The second kappa shape index (κ2) is 9.86. The molecular formula is C23H25N7O2. The van der Waals surface area contributed by atoms with Gasteiger partial charge >= 0.3 is 0 Å². The van der Waals surface area contributed by atoms with Gasteiger partial charge in [-0.3, -0.25) is 9.59 Å². The van der Waals surface area contributed by atoms with E-state index < -0.39 is 5.91 Å². The van der Waals surface area contributed by atoms with Crippen LogP contribution in [-0.4, -0.2) is 53.1 Å². The first-order valence-corrected chi connectivity index (χ1v) is 10.5. The number of carbonyl (C=O) groups is 1. The van der Waals surface area contributed by atoms with Crippen molar-refractivity contribution in [2.24, 2.45) is 5.10 Å². The highest BCUT2D eigenvalue weighted by Crippen LogP contribution is 2.16. The number of nitrogens with one attached hydrogen (secondary N) is 1. The van der Waals surface area contributed by atoms with Crippen LogP contribution in [0.3, 0.4) is 0 Å². The molecule has 3 aromatic rings. The van der Waals surface area contributed by atoms with E-state index in [-0.39, 0.29) is 12.1 Å². The Bertz CT molecular complexity index is 1140. The minimum absolute atomic E-state index is 0.203. The summed E-state index contributed by atoms with van der Waals surface area (Å²) in [6.45, 7) is 4.88. The quantitative estimate of drug-likeness (QED) is 0.469. The summed E-state index contributed by atoms with van der Waals surface area (Å²) in [5.41, 5.74) is 4.13. The van der Waals surface area contributed by atoms with E-state index in [1.54, 1.807) is 18.5 Å². The maximum absolute atomic E-state index is 12.2. The summed E-state index contributed by atoms with van der Waals surface area (Å²) in [4.78, 5) is 33.2. The molecule has 9 nitrogen and oxygen atoms in total. The van der Waals surface area contributed by atoms with E-state index >= 15 is 0 Å². The molecule has 32 heavy (non-hydrogen) atoms. The Morgan fingerprint density at radius 2 is 1.72 bits per heavy atom. The summed E-state index contributed by atoms with van der Waals surface area (Å²) >= 11 is 0. The predicted octanol–water partition coefficient (Wildman–Crippen LogP) is 1.42.